The lowest BCUT2D eigenvalue weighted by atomic mass is 10.1. The molecule has 0 unspecified atom stereocenters. The fraction of sp³-hybridized carbons (Fsp3) is 0.0667. The second-order valence-corrected chi connectivity index (χ2v) is 10.4. The van der Waals surface area contributed by atoms with E-state index in [1.807, 2.05) is 84.9 Å². The zero-order valence-electron chi connectivity index (χ0n) is 20.7. The molecule has 2 aromatic heterocycles. The Bertz CT molecular complexity index is 1640. The van der Waals surface area contributed by atoms with Crippen LogP contribution in [0.5, 0.6) is 0 Å². The minimum Gasteiger partial charge on any atom is -0.411 e. The Morgan fingerprint density at radius 1 is 0.538 bits per heavy atom. The summed E-state index contributed by atoms with van der Waals surface area (Å²) in [5, 5.41) is 21.4. The van der Waals surface area contributed by atoms with Crippen LogP contribution in [0.4, 0.5) is 11.4 Å². The standard InChI is InChI=1S/C30H23N5O2S2/c1-3-9-21(10-4-1)19-38-29-34-32-27(36-29)23-15-17-24(18-16-23)31-26-14-8-7-13-25(26)28-33-35-30(37-28)39-20-22-11-5-2-6-12-22/h1-18,31H,19-20H2. The number of anilines is 2. The first-order valence-corrected chi connectivity index (χ1v) is 14.2. The van der Waals surface area contributed by atoms with E-state index < -0.39 is 0 Å². The van der Waals surface area contributed by atoms with Crippen LogP contribution in [0, 0.1) is 0 Å². The number of rotatable bonds is 10. The SMILES string of the molecule is c1ccc(CSc2nnc(-c3ccc(Nc4ccccc4-c4nnc(SCc5ccccc5)o4)cc3)o2)cc1. The van der Waals surface area contributed by atoms with E-state index in [4.69, 9.17) is 8.83 Å². The fourth-order valence-corrected chi connectivity index (χ4v) is 5.27. The van der Waals surface area contributed by atoms with Gasteiger partial charge in [-0.2, -0.15) is 0 Å². The molecular weight excluding hydrogens is 526 g/mol. The second kappa shape index (κ2) is 12.0. The van der Waals surface area contributed by atoms with Gasteiger partial charge in [-0.15, -0.1) is 20.4 Å². The van der Waals surface area contributed by atoms with Crippen molar-refractivity contribution < 1.29 is 8.83 Å². The normalized spacial score (nSPS) is 11.0. The molecule has 4 aromatic carbocycles. The van der Waals surface area contributed by atoms with Crippen molar-refractivity contribution in [3.8, 4) is 22.9 Å². The number of nitrogens with zero attached hydrogens (tertiary/aromatic N) is 4. The fourth-order valence-electron chi connectivity index (χ4n) is 3.83. The molecule has 0 aliphatic heterocycles. The van der Waals surface area contributed by atoms with Crippen LogP contribution in [0.1, 0.15) is 11.1 Å². The van der Waals surface area contributed by atoms with Gasteiger partial charge in [-0.05, 0) is 47.5 Å². The van der Waals surface area contributed by atoms with Crippen LogP contribution >= 0.6 is 23.5 Å². The molecular formula is C30H23N5O2S2. The first kappa shape index (κ1) is 25.0. The van der Waals surface area contributed by atoms with E-state index >= 15 is 0 Å². The summed E-state index contributed by atoms with van der Waals surface area (Å²) < 4.78 is 11.8. The molecule has 1 N–H and O–H groups in total. The predicted molar refractivity (Wildman–Crippen MR) is 155 cm³/mol. The summed E-state index contributed by atoms with van der Waals surface area (Å²) >= 11 is 3.04. The van der Waals surface area contributed by atoms with Crippen LogP contribution < -0.4 is 5.32 Å². The average Bonchev–Trinajstić information content (AvgIpc) is 3.67. The molecule has 0 saturated carbocycles. The molecule has 0 spiro atoms. The summed E-state index contributed by atoms with van der Waals surface area (Å²) in [7, 11) is 0. The Hall–Kier alpha value is -4.34. The van der Waals surface area contributed by atoms with Crippen molar-refractivity contribution in [1.29, 1.82) is 0 Å². The van der Waals surface area contributed by atoms with Crippen LogP contribution in [0.15, 0.2) is 128 Å². The smallest absolute Gasteiger partial charge is 0.277 e. The van der Waals surface area contributed by atoms with E-state index in [9.17, 15) is 0 Å². The van der Waals surface area contributed by atoms with Crippen molar-refractivity contribution in [2.75, 3.05) is 5.32 Å². The first-order valence-electron chi connectivity index (χ1n) is 12.3. The van der Waals surface area contributed by atoms with Crippen molar-refractivity contribution >= 4 is 34.9 Å². The van der Waals surface area contributed by atoms with Crippen molar-refractivity contribution in [3.05, 3.63) is 120 Å². The van der Waals surface area contributed by atoms with Gasteiger partial charge in [-0.1, -0.05) is 96.3 Å². The minimum atomic E-state index is 0.469. The molecule has 0 aliphatic carbocycles. The number of thioether (sulfide) groups is 2. The molecule has 0 saturated heterocycles. The third-order valence-corrected chi connectivity index (χ3v) is 7.57. The minimum absolute atomic E-state index is 0.469. The number of para-hydroxylation sites is 1. The van der Waals surface area contributed by atoms with Crippen molar-refractivity contribution in [3.63, 3.8) is 0 Å². The van der Waals surface area contributed by atoms with Crippen LogP contribution in [0.2, 0.25) is 0 Å². The van der Waals surface area contributed by atoms with Gasteiger partial charge in [0.1, 0.15) is 0 Å². The lowest BCUT2D eigenvalue weighted by Crippen LogP contribution is -1.93. The third kappa shape index (κ3) is 6.39. The van der Waals surface area contributed by atoms with Crippen molar-refractivity contribution in [2.24, 2.45) is 0 Å². The van der Waals surface area contributed by atoms with Gasteiger partial charge in [-0.3, -0.25) is 0 Å². The van der Waals surface area contributed by atoms with Crippen LogP contribution in [-0.4, -0.2) is 20.4 Å². The van der Waals surface area contributed by atoms with Crippen LogP contribution in [-0.2, 0) is 11.5 Å². The monoisotopic (exact) mass is 549 g/mol. The number of aromatic nitrogens is 4. The number of nitrogens with one attached hydrogen (secondary N) is 1. The molecule has 192 valence electrons. The zero-order valence-corrected chi connectivity index (χ0v) is 22.4. The maximum Gasteiger partial charge on any atom is 0.277 e. The first-order chi connectivity index (χ1) is 19.3. The van der Waals surface area contributed by atoms with E-state index in [1.165, 1.54) is 34.7 Å². The van der Waals surface area contributed by atoms with Gasteiger partial charge in [-0.25, -0.2) is 0 Å². The van der Waals surface area contributed by atoms with Gasteiger partial charge in [0, 0.05) is 22.8 Å². The van der Waals surface area contributed by atoms with E-state index in [0.29, 0.717) is 22.2 Å². The summed E-state index contributed by atoms with van der Waals surface area (Å²) in [5.41, 5.74) is 5.87. The maximum atomic E-state index is 5.97. The van der Waals surface area contributed by atoms with E-state index in [-0.39, 0.29) is 0 Å². The molecule has 6 aromatic rings. The van der Waals surface area contributed by atoms with Crippen LogP contribution in [0.25, 0.3) is 22.9 Å². The van der Waals surface area contributed by atoms with Crippen molar-refractivity contribution in [1.82, 2.24) is 20.4 Å². The largest absolute Gasteiger partial charge is 0.411 e. The third-order valence-electron chi connectivity index (χ3n) is 5.79. The number of benzene rings is 4. The maximum absolute atomic E-state index is 5.97. The Morgan fingerprint density at radius 2 is 1.08 bits per heavy atom. The van der Waals surface area contributed by atoms with Crippen LogP contribution in [0.3, 0.4) is 0 Å². The second-order valence-electron chi connectivity index (χ2n) is 8.54. The summed E-state index contributed by atoms with van der Waals surface area (Å²) in [6.07, 6.45) is 0. The highest BCUT2D eigenvalue weighted by atomic mass is 32.2. The average molecular weight is 550 g/mol. The highest BCUT2D eigenvalue weighted by Crippen LogP contribution is 2.33. The highest BCUT2D eigenvalue weighted by Gasteiger charge is 2.14. The predicted octanol–water partition coefficient (Wildman–Crippen LogP) is 8.11. The summed E-state index contributed by atoms with van der Waals surface area (Å²) in [6.45, 7) is 0. The topological polar surface area (TPSA) is 89.9 Å². The van der Waals surface area contributed by atoms with Gasteiger partial charge in [0.25, 0.3) is 16.3 Å². The zero-order chi connectivity index (χ0) is 26.3. The molecule has 7 nitrogen and oxygen atoms in total. The molecule has 2 heterocycles. The quantitative estimate of drug-likeness (QED) is 0.170. The Kier molecular flexibility index (Phi) is 7.69. The molecule has 0 aliphatic rings. The molecule has 0 amide bonds. The number of hydrogen-bond donors (Lipinski definition) is 1. The molecule has 39 heavy (non-hydrogen) atoms. The number of hydrogen-bond acceptors (Lipinski definition) is 9. The molecule has 0 atom stereocenters. The van der Waals surface area contributed by atoms with Crippen molar-refractivity contribution in [2.45, 2.75) is 22.0 Å². The van der Waals surface area contributed by atoms with Gasteiger partial charge < -0.3 is 14.2 Å². The molecule has 0 bridgehead atoms. The Balaban J connectivity index is 1.11. The van der Waals surface area contributed by atoms with E-state index in [1.54, 1.807) is 0 Å². The molecule has 0 fully saturated rings. The van der Waals surface area contributed by atoms with Gasteiger partial charge in [0.05, 0.1) is 11.3 Å². The Labute approximate surface area is 234 Å². The molecule has 0 radical (unpaired) electrons. The van der Waals surface area contributed by atoms with Gasteiger partial charge in [0.2, 0.25) is 5.89 Å². The van der Waals surface area contributed by atoms with Gasteiger partial charge in [0.15, 0.2) is 0 Å². The van der Waals surface area contributed by atoms with Gasteiger partial charge >= 0.3 is 0 Å². The lowest BCUT2D eigenvalue weighted by Gasteiger charge is -2.10. The Morgan fingerprint density at radius 3 is 1.72 bits per heavy atom. The molecule has 9 heteroatoms. The summed E-state index contributed by atoms with van der Waals surface area (Å²) in [4.78, 5) is 0. The lowest BCUT2D eigenvalue weighted by molar-refractivity contribution is 0.465. The highest BCUT2D eigenvalue weighted by molar-refractivity contribution is 7.98. The van der Waals surface area contributed by atoms with E-state index in [0.717, 1.165) is 34.0 Å². The van der Waals surface area contributed by atoms with E-state index in [2.05, 4.69) is 50.0 Å². The summed E-state index contributed by atoms with van der Waals surface area (Å²) in [6, 6.07) is 36.1. The molecule has 6 rings (SSSR count). The summed E-state index contributed by atoms with van der Waals surface area (Å²) in [5.74, 6) is 2.50.